The second-order valence-electron chi connectivity index (χ2n) is 9.38. The molecule has 2 aromatic rings. The molecule has 2 saturated carbocycles. The van der Waals surface area contributed by atoms with Crippen molar-refractivity contribution in [3.63, 3.8) is 0 Å². The third-order valence-corrected chi connectivity index (χ3v) is 8.71. The lowest BCUT2D eigenvalue weighted by molar-refractivity contribution is 0.166. The van der Waals surface area contributed by atoms with E-state index in [0.29, 0.717) is 5.56 Å². The van der Waals surface area contributed by atoms with E-state index in [0.717, 1.165) is 33.7 Å². The number of alkyl halides is 1. The van der Waals surface area contributed by atoms with Crippen LogP contribution in [0.25, 0.3) is 11.1 Å². The molecular formula is C26H32F2IN. The Balaban J connectivity index is 1.26. The number of aryl methyl sites for hydroxylation is 1. The fraction of sp³-hybridized carbons (Fsp3) is 0.538. The number of halogens is 3. The fourth-order valence-electron chi connectivity index (χ4n) is 5.48. The molecule has 1 nitrogen and oxygen atoms in total. The van der Waals surface area contributed by atoms with Gasteiger partial charge in [0.2, 0.25) is 0 Å². The molecule has 0 aliphatic heterocycles. The van der Waals surface area contributed by atoms with Crippen LogP contribution in [0.4, 0.5) is 14.5 Å². The molecule has 0 unspecified atom stereocenters. The highest BCUT2D eigenvalue weighted by Gasteiger charge is 2.30. The number of benzene rings is 2. The van der Waals surface area contributed by atoms with Crippen LogP contribution in [-0.2, 0) is 6.42 Å². The van der Waals surface area contributed by atoms with E-state index in [-0.39, 0.29) is 0 Å². The first-order valence-corrected chi connectivity index (χ1v) is 12.7. The summed E-state index contributed by atoms with van der Waals surface area (Å²) in [5, 5.41) is 0. The molecule has 0 amide bonds. The number of nitrogen functional groups attached to an aromatic ring is 1. The maximum absolute atomic E-state index is 13.7. The summed E-state index contributed by atoms with van der Waals surface area (Å²) in [4.78, 5) is 0. The molecule has 0 atom stereocenters. The highest BCUT2D eigenvalue weighted by Crippen LogP contribution is 2.42. The van der Waals surface area contributed by atoms with Crippen LogP contribution in [-0.4, -0.2) is 3.92 Å². The van der Waals surface area contributed by atoms with Crippen molar-refractivity contribution in [2.75, 3.05) is 5.73 Å². The summed E-state index contributed by atoms with van der Waals surface area (Å²) in [5.41, 5.74) is 7.60. The highest BCUT2D eigenvalue weighted by atomic mass is 127. The fourth-order valence-corrected chi connectivity index (χ4v) is 6.20. The number of hydrogen-bond donors (Lipinski definition) is 1. The van der Waals surface area contributed by atoms with Crippen LogP contribution in [0.15, 0.2) is 36.4 Å². The molecule has 2 N–H and O–H groups in total. The monoisotopic (exact) mass is 523 g/mol. The summed E-state index contributed by atoms with van der Waals surface area (Å²) in [6.45, 7) is 0. The Labute approximate surface area is 193 Å². The third kappa shape index (κ3) is 5.35. The maximum atomic E-state index is 13.7. The Bertz CT molecular complexity index is 812. The zero-order chi connectivity index (χ0) is 21.1. The normalized spacial score (nSPS) is 27.2. The van der Waals surface area contributed by atoms with Crippen molar-refractivity contribution in [1.29, 1.82) is 0 Å². The van der Waals surface area contributed by atoms with Crippen molar-refractivity contribution in [2.45, 2.75) is 68.1 Å². The number of anilines is 1. The summed E-state index contributed by atoms with van der Waals surface area (Å²) in [7, 11) is 0. The van der Waals surface area contributed by atoms with Crippen molar-refractivity contribution in [2.24, 2.45) is 17.8 Å². The van der Waals surface area contributed by atoms with E-state index in [1.54, 1.807) is 0 Å². The number of rotatable bonds is 5. The summed E-state index contributed by atoms with van der Waals surface area (Å²) in [5.74, 6) is 1.42. The predicted octanol–water partition coefficient (Wildman–Crippen LogP) is 7.95. The Kier molecular flexibility index (Phi) is 7.32. The molecule has 0 radical (unpaired) electrons. The maximum Gasteiger partial charge on any atom is 0.149 e. The lowest BCUT2D eigenvalue weighted by Crippen LogP contribution is -2.26. The topological polar surface area (TPSA) is 26.0 Å². The van der Waals surface area contributed by atoms with E-state index >= 15 is 0 Å². The van der Waals surface area contributed by atoms with E-state index in [9.17, 15) is 8.78 Å². The van der Waals surface area contributed by atoms with Gasteiger partial charge in [0.15, 0.2) is 0 Å². The first kappa shape index (κ1) is 22.0. The zero-order valence-electron chi connectivity index (χ0n) is 17.6. The van der Waals surface area contributed by atoms with Crippen LogP contribution < -0.4 is 5.73 Å². The molecule has 0 saturated heterocycles. The van der Waals surface area contributed by atoms with Crippen LogP contribution >= 0.6 is 22.6 Å². The van der Waals surface area contributed by atoms with Gasteiger partial charge in [-0.15, -0.1) is 0 Å². The van der Waals surface area contributed by atoms with E-state index in [4.69, 9.17) is 5.73 Å². The molecule has 4 heteroatoms. The van der Waals surface area contributed by atoms with Gasteiger partial charge in [0, 0.05) is 3.92 Å². The average molecular weight is 523 g/mol. The van der Waals surface area contributed by atoms with Gasteiger partial charge in [-0.1, -0.05) is 59.7 Å². The van der Waals surface area contributed by atoms with Crippen molar-refractivity contribution in [3.8, 4) is 11.1 Å². The van der Waals surface area contributed by atoms with Crippen molar-refractivity contribution in [3.05, 3.63) is 53.6 Å². The van der Waals surface area contributed by atoms with Crippen LogP contribution in [0, 0.1) is 29.4 Å². The molecule has 0 aromatic heterocycles. The van der Waals surface area contributed by atoms with Gasteiger partial charge in [0.25, 0.3) is 0 Å². The molecule has 4 rings (SSSR count). The zero-order valence-corrected chi connectivity index (χ0v) is 19.7. The molecular weight excluding hydrogens is 491 g/mol. The van der Waals surface area contributed by atoms with Crippen LogP contribution in [0.1, 0.15) is 63.4 Å². The second-order valence-corrected chi connectivity index (χ2v) is 11.1. The van der Waals surface area contributed by atoms with Gasteiger partial charge < -0.3 is 5.73 Å². The molecule has 2 aromatic carbocycles. The van der Waals surface area contributed by atoms with Gasteiger partial charge in [-0.3, -0.25) is 0 Å². The third-order valence-electron chi connectivity index (χ3n) is 7.47. The van der Waals surface area contributed by atoms with Crippen molar-refractivity contribution < 1.29 is 8.78 Å². The van der Waals surface area contributed by atoms with Crippen LogP contribution in [0.2, 0.25) is 0 Å². The lowest BCUT2D eigenvalue weighted by Gasteiger charge is -2.37. The van der Waals surface area contributed by atoms with E-state index < -0.39 is 17.3 Å². The minimum atomic E-state index is -0.702. The van der Waals surface area contributed by atoms with Gasteiger partial charge in [-0.05, 0) is 97.9 Å². The van der Waals surface area contributed by atoms with E-state index in [1.165, 1.54) is 75.5 Å². The molecule has 2 fully saturated rings. The molecule has 2 aliphatic carbocycles. The van der Waals surface area contributed by atoms with Gasteiger partial charge >= 0.3 is 0 Å². The molecule has 162 valence electrons. The Morgan fingerprint density at radius 3 is 1.87 bits per heavy atom. The van der Waals surface area contributed by atoms with Gasteiger partial charge in [0.1, 0.15) is 17.3 Å². The molecule has 0 heterocycles. The molecule has 0 bridgehead atoms. The largest absolute Gasteiger partial charge is 0.394 e. The van der Waals surface area contributed by atoms with Crippen LogP contribution in [0.5, 0.6) is 0 Å². The molecule has 0 spiro atoms. The molecule has 30 heavy (non-hydrogen) atoms. The number of nitrogens with two attached hydrogens (primary N) is 1. The predicted molar refractivity (Wildman–Crippen MR) is 130 cm³/mol. The quantitative estimate of drug-likeness (QED) is 0.240. The minimum Gasteiger partial charge on any atom is -0.394 e. The Morgan fingerprint density at radius 2 is 1.30 bits per heavy atom. The summed E-state index contributed by atoms with van der Waals surface area (Å²) in [6.07, 6.45) is 13.7. The van der Waals surface area contributed by atoms with E-state index in [2.05, 4.69) is 34.7 Å². The summed E-state index contributed by atoms with van der Waals surface area (Å²) < 4.78 is 28.4. The van der Waals surface area contributed by atoms with Gasteiger partial charge in [0.05, 0.1) is 0 Å². The first-order valence-electron chi connectivity index (χ1n) is 11.5. The number of hydrogen-bond acceptors (Lipinski definition) is 1. The standard InChI is InChI=1S/C26H32F2IN/c27-24-15-22(16-25(28)26(24)30)21-9-5-18(6-10-21)2-1-17-3-7-19(8-4-17)20-11-13-23(29)14-12-20/h5-6,9-10,15-17,19-20,23H,1-4,7-8,11-14,30H2. The Hall–Kier alpha value is -1.17. The first-order chi connectivity index (χ1) is 14.5. The van der Waals surface area contributed by atoms with Crippen LogP contribution in [0.3, 0.4) is 0 Å². The average Bonchev–Trinajstić information content (AvgIpc) is 2.77. The van der Waals surface area contributed by atoms with Gasteiger partial charge in [-0.25, -0.2) is 8.78 Å². The highest BCUT2D eigenvalue weighted by molar-refractivity contribution is 14.1. The smallest absolute Gasteiger partial charge is 0.149 e. The summed E-state index contributed by atoms with van der Waals surface area (Å²) in [6, 6.07) is 10.7. The lowest BCUT2D eigenvalue weighted by atomic mass is 9.70. The van der Waals surface area contributed by atoms with Crippen molar-refractivity contribution >= 4 is 28.3 Å². The van der Waals surface area contributed by atoms with Crippen molar-refractivity contribution in [1.82, 2.24) is 0 Å². The summed E-state index contributed by atoms with van der Waals surface area (Å²) >= 11 is 2.63. The SMILES string of the molecule is Nc1c(F)cc(-c2ccc(CCC3CCC(C4CCC(I)CC4)CC3)cc2)cc1F. The Morgan fingerprint density at radius 1 is 0.767 bits per heavy atom. The van der Waals surface area contributed by atoms with Gasteiger partial charge in [-0.2, -0.15) is 0 Å². The molecule has 2 aliphatic rings. The second kappa shape index (κ2) is 9.97. The van der Waals surface area contributed by atoms with E-state index in [1.807, 2.05) is 12.1 Å². The minimum absolute atomic E-state index is 0.414.